The van der Waals surface area contributed by atoms with Crippen molar-refractivity contribution >= 4 is 45.9 Å². The zero-order valence-electron chi connectivity index (χ0n) is 14.4. The Bertz CT molecular complexity index is 669. The van der Waals surface area contributed by atoms with Gasteiger partial charge in [-0.15, -0.1) is 24.0 Å². The molecule has 0 aliphatic carbocycles. The Hall–Kier alpha value is -1.19. The highest BCUT2D eigenvalue weighted by Crippen LogP contribution is 2.17. The van der Waals surface area contributed by atoms with Crippen molar-refractivity contribution in [3.8, 4) is 0 Å². The van der Waals surface area contributed by atoms with Crippen molar-refractivity contribution in [2.24, 2.45) is 4.99 Å². The van der Waals surface area contributed by atoms with Gasteiger partial charge in [0.15, 0.2) is 5.96 Å². The molecule has 1 atom stereocenters. The lowest BCUT2D eigenvalue weighted by atomic mass is 10.1. The Balaban J connectivity index is 0.00000312. The molecule has 0 saturated carbocycles. The van der Waals surface area contributed by atoms with Gasteiger partial charge in [0.1, 0.15) is 0 Å². The van der Waals surface area contributed by atoms with Crippen molar-refractivity contribution in [3.63, 3.8) is 0 Å². The van der Waals surface area contributed by atoms with Crippen LogP contribution < -0.4 is 5.32 Å². The summed E-state index contributed by atoms with van der Waals surface area (Å²) >= 11 is 3.57. The molecule has 5 nitrogen and oxygen atoms in total. The first-order valence-corrected chi connectivity index (χ1v) is 8.72. The van der Waals surface area contributed by atoms with Crippen LogP contribution in [0.3, 0.4) is 0 Å². The van der Waals surface area contributed by atoms with Crippen molar-refractivity contribution in [3.05, 3.63) is 64.4 Å². The third-order valence-corrected chi connectivity index (χ3v) is 4.34. The number of halogens is 2. The predicted octanol–water partition coefficient (Wildman–Crippen LogP) is 3.59. The van der Waals surface area contributed by atoms with Crippen LogP contribution in [0.25, 0.3) is 0 Å². The maximum Gasteiger partial charge on any atom is 0.194 e. The second-order valence-electron chi connectivity index (χ2n) is 5.44. The van der Waals surface area contributed by atoms with Crippen molar-refractivity contribution in [1.29, 1.82) is 0 Å². The minimum absolute atomic E-state index is 0. The summed E-state index contributed by atoms with van der Waals surface area (Å²) in [4.78, 5) is 10.6. The van der Waals surface area contributed by atoms with E-state index in [1.807, 2.05) is 37.1 Å². The number of nitrogens with one attached hydrogen (secondary N) is 1. The SMILES string of the molecule is CCNC(=NCC(O)c1ccncc1)N(C)Cc1ccccc1Br.I. The summed E-state index contributed by atoms with van der Waals surface area (Å²) in [6.45, 7) is 3.82. The summed E-state index contributed by atoms with van der Waals surface area (Å²) in [6.07, 6.45) is 2.71. The first-order valence-electron chi connectivity index (χ1n) is 7.92. The lowest BCUT2D eigenvalue weighted by Gasteiger charge is -2.23. The quantitative estimate of drug-likeness (QED) is 0.348. The second kappa shape index (κ2) is 11.4. The third-order valence-electron chi connectivity index (χ3n) is 3.57. The van der Waals surface area contributed by atoms with Crippen molar-refractivity contribution in [1.82, 2.24) is 15.2 Å². The van der Waals surface area contributed by atoms with E-state index < -0.39 is 6.10 Å². The van der Waals surface area contributed by atoms with Gasteiger partial charge in [0.2, 0.25) is 0 Å². The molecule has 2 N–H and O–H groups in total. The highest BCUT2D eigenvalue weighted by atomic mass is 127. The number of guanidine groups is 1. The molecule has 0 aliphatic heterocycles. The minimum Gasteiger partial charge on any atom is -0.386 e. The number of aliphatic hydroxyl groups is 1. The topological polar surface area (TPSA) is 60.8 Å². The van der Waals surface area contributed by atoms with E-state index in [-0.39, 0.29) is 24.0 Å². The summed E-state index contributed by atoms with van der Waals surface area (Å²) in [5, 5.41) is 13.5. The Morgan fingerprint density at radius 3 is 2.60 bits per heavy atom. The number of aliphatic hydroxyl groups excluding tert-OH is 1. The van der Waals surface area contributed by atoms with Crippen LogP contribution in [0.1, 0.15) is 24.2 Å². The van der Waals surface area contributed by atoms with Crippen LogP contribution in [-0.4, -0.2) is 41.1 Å². The zero-order valence-corrected chi connectivity index (χ0v) is 18.3. The van der Waals surface area contributed by atoms with E-state index in [1.54, 1.807) is 24.5 Å². The fourth-order valence-corrected chi connectivity index (χ4v) is 2.70. The van der Waals surface area contributed by atoms with Gasteiger partial charge in [-0.3, -0.25) is 9.98 Å². The van der Waals surface area contributed by atoms with Gasteiger partial charge in [0.05, 0.1) is 12.6 Å². The van der Waals surface area contributed by atoms with E-state index in [2.05, 4.69) is 37.3 Å². The van der Waals surface area contributed by atoms with Crippen LogP contribution in [0, 0.1) is 0 Å². The van der Waals surface area contributed by atoms with E-state index in [4.69, 9.17) is 0 Å². The standard InChI is InChI=1S/C18H23BrN4O.HI/c1-3-21-18(22-12-17(24)14-8-10-20-11-9-14)23(2)13-15-6-4-5-7-16(15)19;/h4-11,17,24H,3,12-13H2,1-2H3,(H,21,22);1H. The molecular formula is C18H24BrIN4O. The first kappa shape index (κ1) is 21.9. The van der Waals surface area contributed by atoms with E-state index >= 15 is 0 Å². The summed E-state index contributed by atoms with van der Waals surface area (Å²) in [5.41, 5.74) is 2.00. The molecule has 1 aromatic carbocycles. The molecule has 2 rings (SSSR count). The summed E-state index contributed by atoms with van der Waals surface area (Å²) < 4.78 is 1.07. The molecule has 0 spiro atoms. The van der Waals surface area contributed by atoms with Crippen LogP contribution in [0.15, 0.2) is 58.3 Å². The van der Waals surface area contributed by atoms with Crippen molar-refractivity contribution in [2.45, 2.75) is 19.6 Å². The maximum atomic E-state index is 10.3. The lowest BCUT2D eigenvalue weighted by Crippen LogP contribution is -2.38. The summed E-state index contributed by atoms with van der Waals surface area (Å²) in [7, 11) is 1.99. The van der Waals surface area contributed by atoms with Gasteiger partial charge in [0, 0.05) is 37.0 Å². The van der Waals surface area contributed by atoms with Gasteiger partial charge >= 0.3 is 0 Å². The molecule has 1 heterocycles. The predicted molar refractivity (Wildman–Crippen MR) is 116 cm³/mol. The Morgan fingerprint density at radius 2 is 1.96 bits per heavy atom. The average Bonchev–Trinajstić information content (AvgIpc) is 2.61. The van der Waals surface area contributed by atoms with Gasteiger partial charge in [-0.05, 0) is 36.2 Å². The zero-order chi connectivity index (χ0) is 17.4. The number of nitrogens with zero attached hydrogens (tertiary/aromatic N) is 3. The van der Waals surface area contributed by atoms with Crippen LogP contribution in [0.5, 0.6) is 0 Å². The monoisotopic (exact) mass is 518 g/mol. The number of benzene rings is 1. The van der Waals surface area contributed by atoms with Crippen LogP contribution in [0.4, 0.5) is 0 Å². The van der Waals surface area contributed by atoms with E-state index in [9.17, 15) is 5.11 Å². The molecule has 1 unspecified atom stereocenters. The Labute approximate surface area is 174 Å². The van der Waals surface area contributed by atoms with Crippen LogP contribution in [-0.2, 0) is 6.54 Å². The summed E-state index contributed by atoms with van der Waals surface area (Å²) in [5.74, 6) is 0.765. The summed E-state index contributed by atoms with van der Waals surface area (Å²) in [6, 6.07) is 11.7. The van der Waals surface area contributed by atoms with E-state index in [1.165, 1.54) is 5.56 Å². The molecule has 1 aromatic heterocycles. The Kier molecular flexibility index (Phi) is 9.99. The van der Waals surface area contributed by atoms with Crippen LogP contribution >= 0.6 is 39.9 Å². The van der Waals surface area contributed by atoms with Gasteiger partial charge in [0.25, 0.3) is 0 Å². The average molecular weight is 519 g/mol. The molecule has 7 heteroatoms. The molecule has 0 aliphatic rings. The van der Waals surface area contributed by atoms with Crippen molar-refractivity contribution < 1.29 is 5.11 Å². The third kappa shape index (κ3) is 6.91. The molecule has 0 bridgehead atoms. The maximum absolute atomic E-state index is 10.3. The number of pyridine rings is 1. The minimum atomic E-state index is -0.640. The Morgan fingerprint density at radius 1 is 1.28 bits per heavy atom. The highest BCUT2D eigenvalue weighted by molar-refractivity contribution is 14.0. The number of hydrogen-bond donors (Lipinski definition) is 2. The normalized spacial score (nSPS) is 12.2. The van der Waals surface area contributed by atoms with E-state index in [0.29, 0.717) is 6.54 Å². The number of hydrogen-bond acceptors (Lipinski definition) is 3. The molecule has 136 valence electrons. The smallest absolute Gasteiger partial charge is 0.194 e. The number of rotatable bonds is 6. The second-order valence-corrected chi connectivity index (χ2v) is 6.29. The van der Waals surface area contributed by atoms with E-state index in [0.717, 1.165) is 29.1 Å². The molecule has 2 aromatic rings. The molecule has 0 saturated heterocycles. The van der Waals surface area contributed by atoms with Gasteiger partial charge in [-0.2, -0.15) is 0 Å². The number of aliphatic imine (C=N–C) groups is 1. The fraction of sp³-hybridized carbons (Fsp3) is 0.333. The fourth-order valence-electron chi connectivity index (χ4n) is 2.29. The molecule has 25 heavy (non-hydrogen) atoms. The van der Waals surface area contributed by atoms with Gasteiger partial charge < -0.3 is 15.3 Å². The molecular weight excluding hydrogens is 495 g/mol. The lowest BCUT2D eigenvalue weighted by molar-refractivity contribution is 0.186. The highest BCUT2D eigenvalue weighted by Gasteiger charge is 2.11. The first-order chi connectivity index (χ1) is 11.6. The molecule has 0 fully saturated rings. The van der Waals surface area contributed by atoms with Gasteiger partial charge in [-0.1, -0.05) is 34.1 Å². The van der Waals surface area contributed by atoms with Gasteiger partial charge in [-0.25, -0.2) is 0 Å². The largest absolute Gasteiger partial charge is 0.386 e. The van der Waals surface area contributed by atoms with Crippen molar-refractivity contribution in [2.75, 3.05) is 20.1 Å². The molecule has 0 radical (unpaired) electrons. The van der Waals surface area contributed by atoms with Crippen LogP contribution in [0.2, 0.25) is 0 Å². The molecule has 0 amide bonds. The number of aromatic nitrogens is 1.